The van der Waals surface area contributed by atoms with E-state index in [1.807, 2.05) is 54.9 Å². The van der Waals surface area contributed by atoms with E-state index in [4.69, 9.17) is 9.84 Å². The summed E-state index contributed by atoms with van der Waals surface area (Å²) in [7, 11) is 1.67. The van der Waals surface area contributed by atoms with Gasteiger partial charge in [0, 0.05) is 17.7 Å². The molecule has 1 aromatic carbocycles. The molecule has 5 nitrogen and oxygen atoms in total. The second-order valence-electron chi connectivity index (χ2n) is 5.03. The largest absolute Gasteiger partial charge is 0.496 e. The molecule has 0 unspecified atom stereocenters. The lowest BCUT2D eigenvalue weighted by Crippen LogP contribution is -2.10. The summed E-state index contributed by atoms with van der Waals surface area (Å²) in [5.74, 6) is 1.81. The van der Waals surface area contributed by atoms with E-state index in [0.29, 0.717) is 13.1 Å². The fourth-order valence-electron chi connectivity index (χ4n) is 2.30. The van der Waals surface area contributed by atoms with Crippen molar-refractivity contribution in [1.29, 1.82) is 0 Å². The fourth-order valence-corrected chi connectivity index (χ4v) is 2.30. The second kappa shape index (κ2) is 7.66. The summed E-state index contributed by atoms with van der Waals surface area (Å²) in [6.07, 6.45) is 4.07. The van der Waals surface area contributed by atoms with Crippen molar-refractivity contribution in [3.8, 4) is 5.75 Å². The Balaban J connectivity index is 2.03. The summed E-state index contributed by atoms with van der Waals surface area (Å²) >= 11 is 0. The van der Waals surface area contributed by atoms with E-state index < -0.39 is 0 Å². The first-order chi connectivity index (χ1) is 10.7. The molecule has 5 heteroatoms. The van der Waals surface area contributed by atoms with Gasteiger partial charge in [0.05, 0.1) is 26.0 Å². The molecule has 0 radical (unpaired) electrons. The number of ether oxygens (including phenoxy) is 1. The first-order valence-corrected chi connectivity index (χ1v) is 7.35. The number of nitrogens with zero attached hydrogens (tertiary/aromatic N) is 2. The quantitative estimate of drug-likeness (QED) is 0.825. The Labute approximate surface area is 131 Å². The molecule has 1 aromatic heterocycles. The van der Waals surface area contributed by atoms with Gasteiger partial charge in [0.2, 0.25) is 0 Å². The number of aromatic nitrogens is 2. The molecule has 2 N–H and O–H groups in total. The van der Waals surface area contributed by atoms with E-state index >= 15 is 0 Å². The molecule has 2 aromatic rings. The van der Waals surface area contributed by atoms with Crippen molar-refractivity contribution in [3.63, 3.8) is 0 Å². The number of methoxy groups -OCH3 is 1. The van der Waals surface area contributed by atoms with Crippen LogP contribution in [-0.2, 0) is 6.54 Å². The normalized spacial score (nSPS) is 11.1. The number of para-hydroxylation sites is 1. The Kier molecular flexibility index (Phi) is 5.61. The van der Waals surface area contributed by atoms with Crippen LogP contribution in [0.2, 0.25) is 0 Å². The predicted octanol–water partition coefficient (Wildman–Crippen LogP) is 2.63. The number of aliphatic hydroxyl groups is 1. The van der Waals surface area contributed by atoms with Gasteiger partial charge in [-0.05, 0) is 19.9 Å². The minimum Gasteiger partial charge on any atom is -0.496 e. The molecule has 0 fully saturated rings. The van der Waals surface area contributed by atoms with Crippen LogP contribution in [0.15, 0.2) is 30.3 Å². The molecule has 2 rings (SSSR count). The standard InChI is InChI=1S/C17H23N3O2/c1-13-14(2)19-20(11-12-21)17(13)18-10-6-8-15-7-4-5-9-16(15)22-3/h4-9,18,21H,10-12H2,1-3H3/b8-6+. The lowest BCUT2D eigenvalue weighted by atomic mass is 10.2. The van der Waals surface area contributed by atoms with E-state index in [2.05, 4.69) is 10.4 Å². The first kappa shape index (κ1) is 16.1. The van der Waals surface area contributed by atoms with E-state index in [1.165, 1.54) is 0 Å². The highest BCUT2D eigenvalue weighted by Crippen LogP contribution is 2.20. The molecule has 22 heavy (non-hydrogen) atoms. The zero-order valence-electron chi connectivity index (χ0n) is 13.3. The lowest BCUT2D eigenvalue weighted by Gasteiger charge is -2.08. The summed E-state index contributed by atoms with van der Waals surface area (Å²) in [5, 5.41) is 16.9. The molecule has 0 saturated carbocycles. The first-order valence-electron chi connectivity index (χ1n) is 7.35. The topological polar surface area (TPSA) is 59.3 Å². The highest BCUT2D eigenvalue weighted by Gasteiger charge is 2.09. The number of aryl methyl sites for hydroxylation is 1. The van der Waals surface area contributed by atoms with Crippen LogP contribution in [0.3, 0.4) is 0 Å². The smallest absolute Gasteiger partial charge is 0.127 e. The van der Waals surface area contributed by atoms with E-state index in [9.17, 15) is 0 Å². The Morgan fingerprint density at radius 2 is 2.09 bits per heavy atom. The van der Waals surface area contributed by atoms with Crippen molar-refractivity contribution in [1.82, 2.24) is 9.78 Å². The maximum absolute atomic E-state index is 9.11. The third-order valence-electron chi connectivity index (χ3n) is 3.56. The molecule has 0 saturated heterocycles. The number of hydrogen-bond acceptors (Lipinski definition) is 4. The Morgan fingerprint density at radius 1 is 1.32 bits per heavy atom. The number of anilines is 1. The fraction of sp³-hybridized carbons (Fsp3) is 0.353. The SMILES string of the molecule is COc1ccccc1/C=C/CNc1c(C)c(C)nn1CCO. The van der Waals surface area contributed by atoms with Crippen molar-refractivity contribution in [2.75, 3.05) is 25.6 Å². The number of benzene rings is 1. The van der Waals surface area contributed by atoms with Gasteiger partial charge in [-0.25, -0.2) is 4.68 Å². The predicted molar refractivity (Wildman–Crippen MR) is 89.3 cm³/mol. The number of aliphatic hydroxyl groups excluding tert-OH is 1. The van der Waals surface area contributed by atoms with Gasteiger partial charge in [-0.1, -0.05) is 30.4 Å². The van der Waals surface area contributed by atoms with Crippen LogP contribution >= 0.6 is 0 Å². The zero-order chi connectivity index (χ0) is 15.9. The monoisotopic (exact) mass is 301 g/mol. The molecule has 1 heterocycles. The lowest BCUT2D eigenvalue weighted by molar-refractivity contribution is 0.270. The Bertz CT molecular complexity index is 647. The van der Waals surface area contributed by atoms with Gasteiger partial charge in [0.25, 0.3) is 0 Å². The molecular formula is C17H23N3O2. The average molecular weight is 301 g/mol. The third-order valence-corrected chi connectivity index (χ3v) is 3.56. The van der Waals surface area contributed by atoms with Gasteiger partial charge >= 0.3 is 0 Å². The van der Waals surface area contributed by atoms with E-state index in [1.54, 1.807) is 7.11 Å². The van der Waals surface area contributed by atoms with Gasteiger partial charge in [-0.2, -0.15) is 5.10 Å². The van der Waals surface area contributed by atoms with E-state index in [0.717, 1.165) is 28.4 Å². The van der Waals surface area contributed by atoms with Gasteiger partial charge < -0.3 is 15.2 Å². The number of hydrogen-bond donors (Lipinski definition) is 2. The average Bonchev–Trinajstić information content (AvgIpc) is 2.79. The van der Waals surface area contributed by atoms with Crippen molar-refractivity contribution in [2.24, 2.45) is 0 Å². The highest BCUT2D eigenvalue weighted by molar-refractivity contribution is 5.58. The van der Waals surface area contributed by atoms with Gasteiger partial charge in [0.15, 0.2) is 0 Å². The van der Waals surface area contributed by atoms with Crippen LogP contribution in [0.4, 0.5) is 5.82 Å². The molecule has 0 aliphatic rings. The van der Waals surface area contributed by atoms with Gasteiger partial charge in [-0.3, -0.25) is 0 Å². The molecule has 0 atom stereocenters. The number of rotatable bonds is 7. The molecule has 118 valence electrons. The van der Waals surface area contributed by atoms with E-state index in [-0.39, 0.29) is 6.61 Å². The van der Waals surface area contributed by atoms with Gasteiger partial charge in [-0.15, -0.1) is 0 Å². The minimum absolute atomic E-state index is 0.0757. The summed E-state index contributed by atoms with van der Waals surface area (Å²) < 4.78 is 7.13. The Hall–Kier alpha value is -2.27. The molecule has 0 bridgehead atoms. The summed E-state index contributed by atoms with van der Waals surface area (Å²) in [4.78, 5) is 0. The molecule has 0 aliphatic heterocycles. The van der Waals surface area contributed by atoms with Crippen LogP contribution < -0.4 is 10.1 Å². The Morgan fingerprint density at radius 3 is 2.82 bits per heavy atom. The van der Waals surface area contributed by atoms with Gasteiger partial charge in [0.1, 0.15) is 11.6 Å². The maximum atomic E-state index is 9.11. The number of nitrogens with one attached hydrogen (secondary N) is 1. The van der Waals surface area contributed by atoms with Crippen LogP contribution in [-0.4, -0.2) is 35.1 Å². The van der Waals surface area contributed by atoms with Crippen LogP contribution in [0.5, 0.6) is 5.75 Å². The van der Waals surface area contributed by atoms with Crippen molar-refractivity contribution in [3.05, 3.63) is 47.2 Å². The summed E-state index contributed by atoms with van der Waals surface area (Å²) in [5.41, 5.74) is 3.13. The maximum Gasteiger partial charge on any atom is 0.127 e. The highest BCUT2D eigenvalue weighted by atomic mass is 16.5. The molecule has 0 amide bonds. The third kappa shape index (κ3) is 3.68. The molecule has 0 aliphatic carbocycles. The van der Waals surface area contributed by atoms with Crippen molar-refractivity contribution < 1.29 is 9.84 Å². The summed E-state index contributed by atoms with van der Waals surface area (Å²) in [6, 6.07) is 7.89. The molecule has 0 spiro atoms. The minimum atomic E-state index is 0.0757. The van der Waals surface area contributed by atoms with Crippen LogP contribution in [0, 0.1) is 13.8 Å². The zero-order valence-corrected chi connectivity index (χ0v) is 13.3. The van der Waals surface area contributed by atoms with Crippen LogP contribution in [0.25, 0.3) is 6.08 Å². The van der Waals surface area contributed by atoms with Crippen LogP contribution in [0.1, 0.15) is 16.8 Å². The van der Waals surface area contributed by atoms with Crippen molar-refractivity contribution in [2.45, 2.75) is 20.4 Å². The van der Waals surface area contributed by atoms with Crippen molar-refractivity contribution >= 4 is 11.9 Å². The molecular weight excluding hydrogens is 278 g/mol. The second-order valence-corrected chi connectivity index (χ2v) is 5.03. The summed E-state index contributed by atoms with van der Waals surface area (Å²) in [6.45, 7) is 5.25.